The summed E-state index contributed by atoms with van der Waals surface area (Å²) in [5.74, 6) is -0.446. The molecule has 0 bridgehead atoms. The van der Waals surface area contributed by atoms with E-state index in [4.69, 9.17) is 0 Å². The van der Waals surface area contributed by atoms with E-state index in [1.165, 1.54) is 18.2 Å². The standard InChI is InChI=1S/C23H23FN4O/c1-23(2)13-20(27-22(29)11-8-17-5-3-4-12-25-17)19-15-26-28(21(19)14-23)18-9-6-16(24)7-10-18/h3-12,15,20H,13-14H2,1-2H3,(H,27,29). The zero-order chi connectivity index (χ0) is 20.4. The molecule has 1 aromatic carbocycles. The van der Waals surface area contributed by atoms with Gasteiger partial charge in [-0.3, -0.25) is 9.78 Å². The molecule has 0 aliphatic heterocycles. The Hall–Kier alpha value is -3.28. The molecule has 4 rings (SSSR count). The first-order chi connectivity index (χ1) is 13.9. The van der Waals surface area contributed by atoms with Gasteiger partial charge >= 0.3 is 0 Å². The van der Waals surface area contributed by atoms with E-state index in [0.717, 1.165) is 35.5 Å². The van der Waals surface area contributed by atoms with Gasteiger partial charge in [-0.1, -0.05) is 19.9 Å². The van der Waals surface area contributed by atoms with Crippen molar-refractivity contribution < 1.29 is 9.18 Å². The van der Waals surface area contributed by atoms with Gasteiger partial charge in [-0.2, -0.15) is 5.10 Å². The summed E-state index contributed by atoms with van der Waals surface area (Å²) in [5, 5.41) is 7.64. The van der Waals surface area contributed by atoms with Crippen molar-refractivity contribution in [1.82, 2.24) is 20.1 Å². The van der Waals surface area contributed by atoms with Crippen LogP contribution >= 0.6 is 0 Å². The van der Waals surface area contributed by atoms with Crippen molar-refractivity contribution in [3.05, 3.63) is 83.7 Å². The van der Waals surface area contributed by atoms with Crippen molar-refractivity contribution in [2.24, 2.45) is 5.41 Å². The summed E-state index contributed by atoms with van der Waals surface area (Å²) in [5.41, 5.74) is 3.59. The number of aromatic nitrogens is 3. The fraction of sp³-hybridized carbons (Fsp3) is 0.261. The summed E-state index contributed by atoms with van der Waals surface area (Å²) in [4.78, 5) is 16.7. The molecule has 1 N–H and O–H groups in total. The number of benzene rings is 1. The molecule has 5 nitrogen and oxygen atoms in total. The summed E-state index contributed by atoms with van der Waals surface area (Å²) in [6.45, 7) is 4.36. The zero-order valence-electron chi connectivity index (χ0n) is 16.5. The van der Waals surface area contributed by atoms with Gasteiger partial charge in [0.1, 0.15) is 5.82 Å². The molecule has 0 saturated carbocycles. The Kier molecular flexibility index (Phi) is 5.01. The van der Waals surface area contributed by atoms with Gasteiger partial charge in [0.25, 0.3) is 0 Å². The van der Waals surface area contributed by atoms with Gasteiger partial charge in [0, 0.05) is 17.8 Å². The molecule has 1 amide bonds. The lowest BCUT2D eigenvalue weighted by molar-refractivity contribution is -0.117. The maximum Gasteiger partial charge on any atom is 0.244 e. The van der Waals surface area contributed by atoms with Crippen molar-refractivity contribution in [1.29, 1.82) is 0 Å². The monoisotopic (exact) mass is 390 g/mol. The highest BCUT2D eigenvalue weighted by molar-refractivity contribution is 5.91. The third kappa shape index (κ3) is 4.26. The number of halogens is 1. The minimum Gasteiger partial charge on any atom is -0.346 e. The van der Waals surface area contributed by atoms with Gasteiger partial charge in [0.2, 0.25) is 5.91 Å². The lowest BCUT2D eigenvalue weighted by atomic mass is 9.74. The van der Waals surface area contributed by atoms with Gasteiger partial charge in [0.15, 0.2) is 0 Å². The average molecular weight is 390 g/mol. The van der Waals surface area contributed by atoms with Crippen LogP contribution in [0.1, 0.15) is 43.3 Å². The van der Waals surface area contributed by atoms with Gasteiger partial charge in [-0.15, -0.1) is 0 Å². The molecule has 3 aromatic rings. The van der Waals surface area contributed by atoms with E-state index in [9.17, 15) is 9.18 Å². The molecule has 6 heteroatoms. The van der Waals surface area contributed by atoms with E-state index in [0.29, 0.717) is 0 Å². The molecule has 29 heavy (non-hydrogen) atoms. The van der Waals surface area contributed by atoms with Crippen LogP contribution in [0.15, 0.2) is 60.9 Å². The number of nitrogens with zero attached hydrogens (tertiary/aromatic N) is 3. The second-order valence-corrected chi connectivity index (χ2v) is 8.13. The predicted molar refractivity (Wildman–Crippen MR) is 110 cm³/mol. The Balaban J connectivity index is 1.59. The second-order valence-electron chi connectivity index (χ2n) is 8.13. The van der Waals surface area contributed by atoms with Crippen LogP contribution in [0.2, 0.25) is 0 Å². The number of hydrogen-bond acceptors (Lipinski definition) is 3. The maximum atomic E-state index is 13.3. The topological polar surface area (TPSA) is 59.8 Å². The van der Waals surface area contributed by atoms with E-state index >= 15 is 0 Å². The Labute approximate surface area is 169 Å². The molecule has 148 valence electrons. The van der Waals surface area contributed by atoms with Crippen molar-refractivity contribution >= 4 is 12.0 Å². The highest BCUT2D eigenvalue weighted by atomic mass is 19.1. The van der Waals surface area contributed by atoms with Crippen molar-refractivity contribution in [3.8, 4) is 5.69 Å². The number of fused-ring (bicyclic) bond motifs is 1. The lowest BCUT2D eigenvalue weighted by Gasteiger charge is -2.35. The van der Waals surface area contributed by atoms with Gasteiger partial charge in [-0.25, -0.2) is 9.07 Å². The molecule has 0 radical (unpaired) electrons. The normalized spacial score (nSPS) is 17.8. The molecule has 1 aliphatic carbocycles. The van der Waals surface area contributed by atoms with E-state index < -0.39 is 0 Å². The smallest absolute Gasteiger partial charge is 0.244 e. The SMILES string of the molecule is CC1(C)Cc2c(cnn2-c2ccc(F)cc2)C(NC(=O)C=Cc2ccccn2)C1. The molecule has 0 spiro atoms. The largest absolute Gasteiger partial charge is 0.346 e. The van der Waals surface area contributed by atoms with E-state index in [1.807, 2.05) is 22.9 Å². The third-order valence-electron chi connectivity index (χ3n) is 5.16. The highest BCUT2D eigenvalue weighted by Crippen LogP contribution is 2.41. The van der Waals surface area contributed by atoms with Crippen LogP contribution in [0.3, 0.4) is 0 Å². The zero-order valence-corrected chi connectivity index (χ0v) is 16.5. The molecule has 2 heterocycles. The quantitative estimate of drug-likeness (QED) is 0.678. The second kappa shape index (κ2) is 7.62. The molecule has 1 atom stereocenters. The molecule has 1 unspecified atom stereocenters. The predicted octanol–water partition coefficient (Wildman–Crippen LogP) is 4.25. The van der Waals surface area contributed by atoms with Crippen LogP contribution in [-0.2, 0) is 11.2 Å². The Morgan fingerprint density at radius 2 is 2.03 bits per heavy atom. The summed E-state index contributed by atoms with van der Waals surface area (Å²) in [7, 11) is 0. The third-order valence-corrected chi connectivity index (χ3v) is 5.16. The number of carbonyl (C=O) groups excluding carboxylic acids is 1. The van der Waals surface area contributed by atoms with Crippen LogP contribution in [0.4, 0.5) is 4.39 Å². The van der Waals surface area contributed by atoms with Gasteiger partial charge < -0.3 is 5.32 Å². The number of amides is 1. The molecular formula is C23H23FN4O. The van der Waals surface area contributed by atoms with Crippen LogP contribution in [0.5, 0.6) is 0 Å². The highest BCUT2D eigenvalue weighted by Gasteiger charge is 2.35. The maximum absolute atomic E-state index is 13.3. The fourth-order valence-corrected chi connectivity index (χ4v) is 3.83. The number of nitrogens with one attached hydrogen (secondary N) is 1. The van der Waals surface area contributed by atoms with Crippen molar-refractivity contribution in [2.75, 3.05) is 0 Å². The first kappa shape index (κ1) is 19.1. The van der Waals surface area contributed by atoms with Crippen LogP contribution in [0, 0.1) is 11.2 Å². The summed E-state index contributed by atoms with van der Waals surface area (Å²) >= 11 is 0. The van der Waals surface area contributed by atoms with E-state index in [2.05, 4.69) is 29.2 Å². The van der Waals surface area contributed by atoms with Crippen molar-refractivity contribution in [2.45, 2.75) is 32.7 Å². The summed E-state index contributed by atoms with van der Waals surface area (Å²) in [6.07, 6.45) is 8.35. The summed E-state index contributed by atoms with van der Waals surface area (Å²) < 4.78 is 15.1. The van der Waals surface area contributed by atoms with Crippen LogP contribution in [-0.4, -0.2) is 20.7 Å². The number of rotatable bonds is 4. The lowest BCUT2D eigenvalue weighted by Crippen LogP contribution is -2.36. The van der Waals surface area contributed by atoms with E-state index in [-0.39, 0.29) is 23.2 Å². The van der Waals surface area contributed by atoms with Crippen LogP contribution < -0.4 is 5.32 Å². The minimum absolute atomic E-state index is 0.00649. The Bertz CT molecular complexity index is 1040. The molecule has 0 saturated heterocycles. The molecular weight excluding hydrogens is 367 g/mol. The first-order valence-electron chi connectivity index (χ1n) is 9.64. The Morgan fingerprint density at radius 1 is 1.24 bits per heavy atom. The Morgan fingerprint density at radius 3 is 2.76 bits per heavy atom. The average Bonchev–Trinajstić information content (AvgIpc) is 3.10. The first-order valence-corrected chi connectivity index (χ1v) is 9.64. The molecule has 0 fully saturated rings. The number of hydrogen-bond donors (Lipinski definition) is 1. The number of pyridine rings is 1. The summed E-state index contributed by atoms with van der Waals surface area (Å²) in [6, 6.07) is 11.7. The number of carbonyl (C=O) groups is 1. The molecule has 2 aromatic heterocycles. The van der Waals surface area contributed by atoms with Crippen molar-refractivity contribution in [3.63, 3.8) is 0 Å². The molecule has 1 aliphatic rings. The van der Waals surface area contributed by atoms with Gasteiger partial charge in [-0.05, 0) is 60.7 Å². The van der Waals surface area contributed by atoms with E-state index in [1.54, 1.807) is 30.6 Å². The van der Waals surface area contributed by atoms with Crippen LogP contribution in [0.25, 0.3) is 11.8 Å². The minimum atomic E-state index is -0.278. The fourth-order valence-electron chi connectivity index (χ4n) is 3.83. The van der Waals surface area contributed by atoms with Gasteiger partial charge in [0.05, 0.1) is 29.3 Å².